The molecule has 0 heterocycles. The van der Waals surface area contributed by atoms with Crippen molar-refractivity contribution in [3.8, 4) is 5.75 Å². The van der Waals surface area contributed by atoms with Crippen molar-refractivity contribution in [2.24, 2.45) is 0 Å². The molecule has 0 unspecified atom stereocenters. The molecule has 0 aromatic heterocycles. The van der Waals surface area contributed by atoms with Gasteiger partial charge >= 0.3 is 0 Å². The Kier molecular flexibility index (Phi) is 7.51. The predicted molar refractivity (Wildman–Crippen MR) is 84.7 cm³/mol. The van der Waals surface area contributed by atoms with Crippen molar-refractivity contribution in [2.45, 2.75) is 58.8 Å². The van der Waals surface area contributed by atoms with Crippen molar-refractivity contribution in [3.05, 3.63) is 23.8 Å². The zero-order chi connectivity index (χ0) is 15.7. The van der Waals surface area contributed by atoms with E-state index in [4.69, 9.17) is 0 Å². The number of nitrogens with one attached hydrogen (secondary N) is 1. The van der Waals surface area contributed by atoms with Crippen LogP contribution in [0.3, 0.4) is 0 Å². The zero-order valence-electron chi connectivity index (χ0n) is 12.9. The fourth-order valence-electron chi connectivity index (χ4n) is 2.25. The van der Waals surface area contributed by atoms with Crippen LogP contribution >= 0.6 is 0 Å². The second-order valence-electron chi connectivity index (χ2n) is 5.35. The molecule has 1 rings (SSSR count). The molecule has 0 aliphatic carbocycles. The summed E-state index contributed by atoms with van der Waals surface area (Å²) >= 11 is 0. The first-order valence-electron chi connectivity index (χ1n) is 7.68. The number of hydrogen-bond acceptors (Lipinski definition) is 3. The molecular weight excluding hydrogens is 266 g/mol. The van der Waals surface area contributed by atoms with Gasteiger partial charge < -0.3 is 10.4 Å². The number of hydrogen-bond donors (Lipinski definition) is 2. The summed E-state index contributed by atoms with van der Waals surface area (Å²) in [5.41, 5.74) is 0.828. The Balaban J connectivity index is 2.45. The molecule has 21 heavy (non-hydrogen) atoms. The lowest BCUT2D eigenvalue weighted by atomic mass is 10.0. The first kappa shape index (κ1) is 17.2. The summed E-state index contributed by atoms with van der Waals surface area (Å²) in [4.78, 5) is 23.0. The maximum atomic E-state index is 12.0. The van der Waals surface area contributed by atoms with Gasteiger partial charge in [-0.2, -0.15) is 0 Å². The van der Waals surface area contributed by atoms with Crippen molar-refractivity contribution in [1.82, 2.24) is 0 Å². The minimum Gasteiger partial charge on any atom is -0.507 e. The Morgan fingerprint density at radius 3 is 2.38 bits per heavy atom. The van der Waals surface area contributed by atoms with Gasteiger partial charge in [0.1, 0.15) is 5.75 Å². The predicted octanol–water partition coefficient (Wildman–Crippen LogP) is 4.28. The van der Waals surface area contributed by atoms with Crippen molar-refractivity contribution >= 4 is 17.4 Å². The smallest absolute Gasteiger partial charge is 0.221 e. The third-order valence-corrected chi connectivity index (χ3v) is 3.38. The molecule has 116 valence electrons. The molecule has 4 nitrogen and oxygen atoms in total. The Morgan fingerprint density at radius 1 is 1.10 bits per heavy atom. The first-order valence-corrected chi connectivity index (χ1v) is 7.68. The standard InChI is InChI=1S/C17H25NO3/c1-3-4-5-6-7-8-9-16(20)15-11-10-14(12-17(15)21)18-13(2)19/h10-12,21H,3-9H2,1-2H3,(H,18,19). The van der Waals surface area contributed by atoms with Crippen LogP contribution in [0.2, 0.25) is 0 Å². The van der Waals surface area contributed by atoms with E-state index in [2.05, 4.69) is 12.2 Å². The highest BCUT2D eigenvalue weighted by molar-refractivity contribution is 5.99. The van der Waals surface area contributed by atoms with Crippen molar-refractivity contribution in [2.75, 3.05) is 5.32 Å². The summed E-state index contributed by atoms with van der Waals surface area (Å²) in [7, 11) is 0. The molecule has 1 amide bonds. The second-order valence-corrected chi connectivity index (χ2v) is 5.35. The van der Waals surface area contributed by atoms with Crippen LogP contribution in [-0.4, -0.2) is 16.8 Å². The zero-order valence-corrected chi connectivity index (χ0v) is 12.9. The second kappa shape index (κ2) is 9.16. The Morgan fingerprint density at radius 2 is 1.76 bits per heavy atom. The molecule has 0 bridgehead atoms. The van der Waals surface area contributed by atoms with Crippen LogP contribution in [0.1, 0.15) is 69.2 Å². The van der Waals surface area contributed by atoms with Gasteiger partial charge in [0.05, 0.1) is 5.56 Å². The minimum absolute atomic E-state index is 0.0441. The molecule has 0 saturated carbocycles. The topological polar surface area (TPSA) is 66.4 Å². The monoisotopic (exact) mass is 291 g/mol. The quantitative estimate of drug-likeness (QED) is 0.527. The van der Waals surface area contributed by atoms with Crippen LogP contribution in [-0.2, 0) is 4.79 Å². The van der Waals surface area contributed by atoms with Crippen LogP contribution in [0.15, 0.2) is 18.2 Å². The molecule has 0 saturated heterocycles. The Hall–Kier alpha value is -1.84. The van der Waals surface area contributed by atoms with Gasteiger partial charge in [-0.1, -0.05) is 39.0 Å². The first-order chi connectivity index (χ1) is 10.0. The number of rotatable bonds is 9. The summed E-state index contributed by atoms with van der Waals surface area (Å²) in [5, 5.41) is 12.4. The molecule has 4 heteroatoms. The van der Waals surface area contributed by atoms with E-state index in [1.165, 1.54) is 32.3 Å². The number of anilines is 1. The molecule has 0 spiro atoms. The van der Waals surface area contributed by atoms with Gasteiger partial charge in [-0.3, -0.25) is 9.59 Å². The molecule has 1 aromatic rings. The third-order valence-electron chi connectivity index (χ3n) is 3.38. The highest BCUT2D eigenvalue weighted by Gasteiger charge is 2.11. The van der Waals surface area contributed by atoms with Crippen LogP contribution in [0.5, 0.6) is 5.75 Å². The van der Waals surface area contributed by atoms with E-state index in [-0.39, 0.29) is 17.4 Å². The number of benzene rings is 1. The van der Waals surface area contributed by atoms with E-state index >= 15 is 0 Å². The van der Waals surface area contributed by atoms with Crippen molar-refractivity contribution in [3.63, 3.8) is 0 Å². The number of carbonyl (C=O) groups is 2. The van der Waals surface area contributed by atoms with Crippen LogP contribution < -0.4 is 5.32 Å². The molecule has 0 radical (unpaired) electrons. The maximum absolute atomic E-state index is 12.0. The number of phenolic OH excluding ortho intramolecular Hbond substituents is 1. The number of carbonyl (C=O) groups excluding carboxylic acids is 2. The Labute approximate surface area is 126 Å². The summed E-state index contributed by atoms with van der Waals surface area (Å²) in [6, 6.07) is 4.62. The van der Waals surface area contributed by atoms with Gasteiger partial charge in [-0.05, 0) is 18.6 Å². The molecule has 0 aliphatic heterocycles. The van der Waals surface area contributed by atoms with Gasteiger partial charge in [-0.15, -0.1) is 0 Å². The number of aromatic hydroxyl groups is 1. The highest BCUT2D eigenvalue weighted by atomic mass is 16.3. The summed E-state index contributed by atoms with van der Waals surface area (Å²) in [5.74, 6) is -0.324. The average molecular weight is 291 g/mol. The molecule has 2 N–H and O–H groups in total. The van der Waals surface area contributed by atoms with Gasteiger partial charge in [-0.25, -0.2) is 0 Å². The third kappa shape index (κ3) is 6.43. The maximum Gasteiger partial charge on any atom is 0.221 e. The summed E-state index contributed by atoms with van der Waals surface area (Å²) in [6.07, 6.45) is 7.22. The lowest BCUT2D eigenvalue weighted by Gasteiger charge is -2.07. The summed E-state index contributed by atoms with van der Waals surface area (Å²) in [6.45, 7) is 3.57. The molecule has 0 aliphatic rings. The summed E-state index contributed by atoms with van der Waals surface area (Å²) < 4.78 is 0. The van der Waals surface area contributed by atoms with E-state index in [9.17, 15) is 14.7 Å². The van der Waals surface area contributed by atoms with Crippen molar-refractivity contribution < 1.29 is 14.7 Å². The van der Waals surface area contributed by atoms with Crippen LogP contribution in [0.25, 0.3) is 0 Å². The van der Waals surface area contributed by atoms with E-state index in [1.54, 1.807) is 12.1 Å². The van der Waals surface area contributed by atoms with Crippen LogP contribution in [0, 0.1) is 0 Å². The van der Waals surface area contributed by atoms with Crippen LogP contribution in [0.4, 0.5) is 5.69 Å². The van der Waals surface area contributed by atoms with Gasteiger partial charge in [0.25, 0.3) is 0 Å². The van der Waals surface area contributed by atoms with Gasteiger partial charge in [0, 0.05) is 25.1 Å². The number of Topliss-reactive ketones (excluding diaryl/α,β-unsaturated/α-hetero) is 1. The van der Waals surface area contributed by atoms with Gasteiger partial charge in [0.15, 0.2) is 5.78 Å². The molecule has 0 atom stereocenters. The van der Waals surface area contributed by atoms with E-state index in [0.717, 1.165) is 19.3 Å². The molecule has 1 aromatic carbocycles. The number of ketones is 1. The average Bonchev–Trinajstić information content (AvgIpc) is 2.42. The van der Waals surface area contributed by atoms with E-state index < -0.39 is 0 Å². The highest BCUT2D eigenvalue weighted by Crippen LogP contribution is 2.24. The Bertz CT molecular complexity index is 483. The van der Waals surface area contributed by atoms with E-state index in [1.807, 2.05) is 0 Å². The van der Waals surface area contributed by atoms with E-state index in [0.29, 0.717) is 17.7 Å². The number of amides is 1. The van der Waals surface area contributed by atoms with Crippen molar-refractivity contribution in [1.29, 1.82) is 0 Å². The number of unbranched alkanes of at least 4 members (excludes halogenated alkanes) is 5. The largest absolute Gasteiger partial charge is 0.507 e. The minimum atomic E-state index is -0.208. The molecule has 0 fully saturated rings. The lowest BCUT2D eigenvalue weighted by Crippen LogP contribution is -2.06. The molecular formula is C17H25NO3. The van der Waals surface area contributed by atoms with Gasteiger partial charge in [0.2, 0.25) is 5.91 Å². The number of phenols is 1. The fraction of sp³-hybridized carbons (Fsp3) is 0.529. The lowest BCUT2D eigenvalue weighted by molar-refractivity contribution is -0.114. The SMILES string of the molecule is CCCCCCCCC(=O)c1ccc(NC(C)=O)cc1O. The fourth-order valence-corrected chi connectivity index (χ4v) is 2.25. The normalized spacial score (nSPS) is 10.4.